The van der Waals surface area contributed by atoms with Gasteiger partial charge in [0.25, 0.3) is 5.79 Å². The molecule has 0 amide bonds. The Hall–Kier alpha value is -2.99. The lowest BCUT2D eigenvalue weighted by atomic mass is 10.2. The Morgan fingerprint density at radius 1 is 0.963 bits per heavy atom. The highest BCUT2D eigenvalue weighted by Gasteiger charge is 2.41. The summed E-state index contributed by atoms with van der Waals surface area (Å²) in [4.78, 5) is 24.9. The topological polar surface area (TPSA) is 76.7 Å². The molecule has 0 aromatic heterocycles. The van der Waals surface area contributed by atoms with E-state index >= 15 is 0 Å². The predicted octanol–water partition coefficient (Wildman–Crippen LogP) is 3.59. The van der Waals surface area contributed by atoms with Gasteiger partial charge in [-0.15, -0.1) is 0 Å². The van der Waals surface area contributed by atoms with Crippen LogP contribution in [0.1, 0.15) is 19.4 Å². The Balaban J connectivity index is 1.91. The van der Waals surface area contributed by atoms with Crippen molar-refractivity contribution in [3.8, 4) is 0 Å². The molecule has 0 bridgehead atoms. The second-order valence-electron chi connectivity index (χ2n) is 6.40. The number of esters is 2. The molecule has 1 aliphatic heterocycles. The van der Waals surface area contributed by atoms with Crippen molar-refractivity contribution in [3.63, 3.8) is 0 Å². The van der Waals surface area contributed by atoms with Crippen molar-refractivity contribution in [1.29, 1.82) is 0 Å². The molecule has 6 nitrogen and oxygen atoms in total. The summed E-state index contributed by atoms with van der Waals surface area (Å²) in [6.45, 7) is 3.40. The third-order valence-electron chi connectivity index (χ3n) is 3.76. The second kappa shape index (κ2) is 7.72. The molecular weight excluding hydrogens is 368 g/mol. The first-order valence-corrected chi connectivity index (χ1v) is 8.73. The van der Waals surface area contributed by atoms with Crippen LogP contribution in [0.25, 0.3) is 0 Å². The largest absolute Gasteiger partial charge is 0.419 e. The molecule has 0 atom stereocenters. The molecule has 1 saturated heterocycles. The standard InChI is InChI=1S/C20H19ClN2O4/c1-20(2)26-18(24)16(19(25)27-20)17(22-12-13-6-4-3-5-7-13)23-15-10-8-14(21)9-11-15/h3-11,22-23H,12H2,1-2H3. The number of cyclic esters (lactones) is 2. The highest BCUT2D eigenvalue weighted by molar-refractivity contribution is 6.30. The number of rotatable bonds is 5. The van der Waals surface area contributed by atoms with E-state index in [0.717, 1.165) is 5.56 Å². The minimum absolute atomic E-state index is 0.201. The SMILES string of the molecule is CC1(C)OC(=O)C(=C(NCc2ccccc2)Nc2ccc(Cl)cc2)C(=O)O1. The van der Waals surface area contributed by atoms with Crippen molar-refractivity contribution in [2.45, 2.75) is 26.2 Å². The van der Waals surface area contributed by atoms with Gasteiger partial charge in [0, 0.05) is 31.1 Å². The number of carbonyl (C=O) groups excluding carboxylic acids is 2. The quantitative estimate of drug-likeness (QED) is 0.464. The van der Waals surface area contributed by atoms with Gasteiger partial charge in [0.15, 0.2) is 5.57 Å². The molecule has 2 aromatic carbocycles. The molecule has 2 aromatic rings. The number of carbonyl (C=O) groups is 2. The maximum Gasteiger partial charge on any atom is 0.352 e. The van der Waals surface area contributed by atoms with Crippen LogP contribution in [0, 0.1) is 0 Å². The lowest BCUT2D eigenvalue weighted by Gasteiger charge is -2.31. The van der Waals surface area contributed by atoms with Crippen LogP contribution in [0.15, 0.2) is 66.0 Å². The van der Waals surface area contributed by atoms with Gasteiger partial charge in [-0.05, 0) is 29.8 Å². The molecule has 0 radical (unpaired) electrons. The summed E-state index contributed by atoms with van der Waals surface area (Å²) in [6, 6.07) is 16.4. The average molecular weight is 387 g/mol. The summed E-state index contributed by atoms with van der Waals surface area (Å²) in [5.41, 5.74) is 1.40. The maximum atomic E-state index is 12.4. The molecule has 0 aliphatic carbocycles. The zero-order valence-electron chi connectivity index (χ0n) is 14.9. The van der Waals surface area contributed by atoms with Crippen molar-refractivity contribution in [2.24, 2.45) is 0 Å². The molecule has 1 heterocycles. The monoisotopic (exact) mass is 386 g/mol. The number of benzene rings is 2. The molecule has 2 N–H and O–H groups in total. The van der Waals surface area contributed by atoms with Crippen LogP contribution < -0.4 is 10.6 Å². The van der Waals surface area contributed by atoms with Gasteiger partial charge < -0.3 is 20.1 Å². The number of hydrogen-bond acceptors (Lipinski definition) is 6. The lowest BCUT2D eigenvalue weighted by Crippen LogP contribution is -2.44. The van der Waals surface area contributed by atoms with E-state index in [9.17, 15) is 9.59 Å². The van der Waals surface area contributed by atoms with Crippen LogP contribution in [-0.4, -0.2) is 17.7 Å². The number of nitrogens with one attached hydrogen (secondary N) is 2. The summed E-state index contributed by atoms with van der Waals surface area (Å²) in [6.07, 6.45) is 0. The van der Waals surface area contributed by atoms with E-state index in [1.165, 1.54) is 13.8 Å². The Kier molecular flexibility index (Phi) is 5.37. The number of hydrogen-bond donors (Lipinski definition) is 2. The van der Waals surface area contributed by atoms with Gasteiger partial charge in [0.2, 0.25) is 0 Å². The van der Waals surface area contributed by atoms with Crippen LogP contribution in [-0.2, 0) is 25.6 Å². The Bertz CT molecular complexity index is 855. The summed E-state index contributed by atoms with van der Waals surface area (Å²) < 4.78 is 10.4. The summed E-state index contributed by atoms with van der Waals surface area (Å²) in [5.74, 6) is -2.61. The van der Waals surface area contributed by atoms with Gasteiger partial charge >= 0.3 is 11.9 Å². The van der Waals surface area contributed by atoms with Crippen LogP contribution in [0.3, 0.4) is 0 Å². The van der Waals surface area contributed by atoms with E-state index in [1.807, 2.05) is 30.3 Å². The van der Waals surface area contributed by atoms with Crippen molar-refractivity contribution in [3.05, 3.63) is 76.6 Å². The molecule has 27 heavy (non-hydrogen) atoms. The van der Waals surface area contributed by atoms with E-state index in [2.05, 4.69) is 10.6 Å². The molecule has 1 fully saturated rings. The minimum atomic E-state index is -1.30. The molecule has 1 aliphatic rings. The van der Waals surface area contributed by atoms with Crippen molar-refractivity contribution < 1.29 is 19.1 Å². The Labute approximate surface area is 162 Å². The first-order valence-electron chi connectivity index (χ1n) is 8.35. The van der Waals surface area contributed by atoms with Crippen LogP contribution in [0.2, 0.25) is 5.02 Å². The van der Waals surface area contributed by atoms with E-state index in [0.29, 0.717) is 17.3 Å². The number of anilines is 1. The van der Waals surface area contributed by atoms with Gasteiger partial charge in [-0.1, -0.05) is 41.9 Å². The van der Waals surface area contributed by atoms with Gasteiger partial charge in [-0.25, -0.2) is 9.59 Å². The predicted molar refractivity (Wildman–Crippen MR) is 102 cm³/mol. The maximum absolute atomic E-state index is 12.4. The second-order valence-corrected chi connectivity index (χ2v) is 6.84. The third-order valence-corrected chi connectivity index (χ3v) is 4.01. The van der Waals surface area contributed by atoms with E-state index in [1.54, 1.807) is 24.3 Å². The Morgan fingerprint density at radius 3 is 2.15 bits per heavy atom. The number of ether oxygens (including phenoxy) is 2. The molecule has 0 saturated carbocycles. The molecule has 3 rings (SSSR count). The molecule has 7 heteroatoms. The zero-order valence-corrected chi connectivity index (χ0v) is 15.7. The van der Waals surface area contributed by atoms with E-state index in [-0.39, 0.29) is 11.4 Å². The first-order chi connectivity index (χ1) is 12.8. The number of halogens is 1. The summed E-state index contributed by atoms with van der Waals surface area (Å²) in [5, 5.41) is 6.71. The smallest absolute Gasteiger partial charge is 0.352 e. The van der Waals surface area contributed by atoms with Gasteiger partial charge in [-0.3, -0.25) is 0 Å². The fourth-order valence-electron chi connectivity index (χ4n) is 2.52. The lowest BCUT2D eigenvalue weighted by molar-refractivity contribution is -0.222. The first kappa shape index (κ1) is 18.8. The van der Waals surface area contributed by atoms with Crippen LogP contribution in [0.5, 0.6) is 0 Å². The van der Waals surface area contributed by atoms with Crippen molar-refractivity contribution in [2.75, 3.05) is 5.32 Å². The summed E-state index contributed by atoms with van der Waals surface area (Å²) >= 11 is 5.91. The molecule has 140 valence electrons. The van der Waals surface area contributed by atoms with Crippen molar-refractivity contribution in [1.82, 2.24) is 5.32 Å². The normalized spacial score (nSPS) is 15.6. The third kappa shape index (κ3) is 4.80. The van der Waals surface area contributed by atoms with E-state index < -0.39 is 17.7 Å². The highest BCUT2D eigenvalue weighted by Crippen LogP contribution is 2.25. The average Bonchev–Trinajstić information content (AvgIpc) is 2.60. The van der Waals surface area contributed by atoms with Gasteiger partial charge in [-0.2, -0.15) is 0 Å². The van der Waals surface area contributed by atoms with Gasteiger partial charge in [0.05, 0.1) is 0 Å². The zero-order chi connectivity index (χ0) is 19.4. The minimum Gasteiger partial charge on any atom is -0.419 e. The fraction of sp³-hybridized carbons (Fsp3) is 0.200. The fourth-order valence-corrected chi connectivity index (χ4v) is 2.64. The molecule has 0 unspecified atom stereocenters. The summed E-state index contributed by atoms with van der Waals surface area (Å²) in [7, 11) is 0. The molecule has 0 spiro atoms. The molecular formula is C20H19ClN2O4. The van der Waals surface area contributed by atoms with E-state index in [4.69, 9.17) is 21.1 Å². The van der Waals surface area contributed by atoms with Crippen LogP contribution >= 0.6 is 11.6 Å². The Morgan fingerprint density at radius 2 is 1.56 bits per heavy atom. The van der Waals surface area contributed by atoms with Crippen LogP contribution in [0.4, 0.5) is 5.69 Å². The van der Waals surface area contributed by atoms with Crippen molar-refractivity contribution >= 4 is 29.2 Å². The van der Waals surface area contributed by atoms with Gasteiger partial charge in [0.1, 0.15) is 5.82 Å². The highest BCUT2D eigenvalue weighted by atomic mass is 35.5.